The highest BCUT2D eigenvalue weighted by atomic mass is 16.5. The number of esters is 1. The molecular weight excluding hydrogens is 352 g/mol. The minimum absolute atomic E-state index is 0.0410. The van der Waals surface area contributed by atoms with Crippen LogP contribution in [0.1, 0.15) is 65.1 Å². The molecule has 0 saturated carbocycles. The molecule has 1 aromatic carbocycles. The molecule has 0 fully saturated rings. The van der Waals surface area contributed by atoms with E-state index in [1.807, 2.05) is 32.0 Å². The fourth-order valence-corrected chi connectivity index (χ4v) is 3.88. The predicted octanol–water partition coefficient (Wildman–Crippen LogP) is 4.77. The smallest absolute Gasteiger partial charge is 0.342 e. The molecule has 0 spiro atoms. The molecule has 0 bridgehead atoms. The molecule has 1 aromatic heterocycles. The number of rotatable bonds is 5. The summed E-state index contributed by atoms with van der Waals surface area (Å²) in [5.74, 6) is -0.368. The van der Waals surface area contributed by atoms with Crippen molar-refractivity contribution in [3.05, 3.63) is 41.7 Å². The van der Waals surface area contributed by atoms with Gasteiger partial charge in [0.1, 0.15) is 0 Å². The van der Waals surface area contributed by atoms with E-state index in [4.69, 9.17) is 4.74 Å². The van der Waals surface area contributed by atoms with Crippen molar-refractivity contribution in [1.29, 1.82) is 0 Å². The van der Waals surface area contributed by atoms with Crippen LogP contribution >= 0.6 is 0 Å². The number of hydrogen-bond acceptors (Lipinski definition) is 3. The van der Waals surface area contributed by atoms with Gasteiger partial charge in [-0.05, 0) is 31.9 Å². The lowest BCUT2D eigenvalue weighted by atomic mass is 9.81. The maximum Gasteiger partial charge on any atom is 0.342 e. The molecule has 2 aromatic rings. The zero-order valence-corrected chi connectivity index (χ0v) is 17.5. The third-order valence-corrected chi connectivity index (χ3v) is 5.13. The lowest BCUT2D eigenvalue weighted by Crippen LogP contribution is -2.36. The number of aromatic amines is 1. The molecule has 5 nitrogen and oxygen atoms in total. The Bertz CT molecular complexity index is 921. The fraction of sp³-hybridized carbons (Fsp3) is 0.478. The summed E-state index contributed by atoms with van der Waals surface area (Å²) in [7, 11) is 0. The van der Waals surface area contributed by atoms with E-state index in [0.29, 0.717) is 18.5 Å². The number of aromatic nitrogens is 1. The molecule has 150 valence electrons. The summed E-state index contributed by atoms with van der Waals surface area (Å²) in [6.45, 7) is 10.5. The number of para-hydroxylation sites is 1. The van der Waals surface area contributed by atoms with Gasteiger partial charge in [0.2, 0.25) is 5.91 Å². The van der Waals surface area contributed by atoms with E-state index in [0.717, 1.165) is 35.0 Å². The summed E-state index contributed by atoms with van der Waals surface area (Å²) in [5.41, 5.74) is 2.88. The molecule has 28 heavy (non-hydrogen) atoms. The quantitative estimate of drug-likeness (QED) is 0.758. The summed E-state index contributed by atoms with van der Waals surface area (Å²) >= 11 is 0. The van der Waals surface area contributed by atoms with Crippen molar-refractivity contribution in [2.24, 2.45) is 0 Å². The molecule has 0 atom stereocenters. The molecule has 1 aliphatic heterocycles. The largest absolute Gasteiger partial charge is 0.459 e. The molecule has 1 aliphatic rings. The molecule has 0 radical (unpaired) electrons. The lowest BCUT2D eigenvalue weighted by molar-refractivity contribution is -0.140. The van der Waals surface area contributed by atoms with Gasteiger partial charge in [-0.3, -0.25) is 4.79 Å². The number of amides is 1. The average Bonchev–Trinajstić information content (AvgIpc) is 2.96. The Labute approximate surface area is 166 Å². The van der Waals surface area contributed by atoms with Crippen LogP contribution in [0.3, 0.4) is 0 Å². The van der Waals surface area contributed by atoms with Gasteiger partial charge in [-0.1, -0.05) is 45.4 Å². The SMILES string of the molecule is CCCCC(=O)N1C=C(C(=O)OC(C)C)c2[nH]c3ccccc3c2C(C)(C)C1. The molecule has 2 heterocycles. The molecule has 3 rings (SSSR count). The van der Waals surface area contributed by atoms with Crippen molar-refractivity contribution in [2.45, 2.75) is 65.4 Å². The number of unbranched alkanes of at least 4 members (excludes halogenated alkanes) is 1. The first-order valence-corrected chi connectivity index (χ1v) is 10.1. The summed E-state index contributed by atoms with van der Waals surface area (Å²) in [6, 6.07) is 8.04. The number of ether oxygens (including phenoxy) is 1. The van der Waals surface area contributed by atoms with Crippen LogP contribution in [0.25, 0.3) is 16.5 Å². The van der Waals surface area contributed by atoms with Crippen molar-refractivity contribution >= 4 is 28.4 Å². The van der Waals surface area contributed by atoms with Gasteiger partial charge in [0.15, 0.2) is 0 Å². The summed E-state index contributed by atoms with van der Waals surface area (Å²) in [5, 5.41) is 1.08. The van der Waals surface area contributed by atoms with E-state index < -0.39 is 5.97 Å². The van der Waals surface area contributed by atoms with Crippen LogP contribution in [-0.2, 0) is 19.7 Å². The topological polar surface area (TPSA) is 62.4 Å². The van der Waals surface area contributed by atoms with Gasteiger partial charge < -0.3 is 14.6 Å². The normalized spacial score (nSPS) is 15.9. The third kappa shape index (κ3) is 3.84. The number of nitrogens with one attached hydrogen (secondary N) is 1. The van der Waals surface area contributed by atoms with E-state index in [9.17, 15) is 9.59 Å². The number of fused-ring (bicyclic) bond motifs is 3. The van der Waals surface area contributed by atoms with Crippen LogP contribution < -0.4 is 0 Å². The zero-order valence-electron chi connectivity index (χ0n) is 17.5. The minimum atomic E-state index is -0.409. The number of carbonyl (C=O) groups is 2. The second-order valence-corrected chi connectivity index (χ2v) is 8.43. The van der Waals surface area contributed by atoms with Gasteiger partial charge >= 0.3 is 5.97 Å². The van der Waals surface area contributed by atoms with Gasteiger partial charge in [0.05, 0.1) is 17.4 Å². The maximum absolute atomic E-state index is 12.9. The highest BCUT2D eigenvalue weighted by Gasteiger charge is 2.37. The zero-order chi connectivity index (χ0) is 20.5. The Morgan fingerprint density at radius 3 is 2.64 bits per heavy atom. The second-order valence-electron chi connectivity index (χ2n) is 8.43. The molecule has 0 aliphatic carbocycles. The van der Waals surface area contributed by atoms with Crippen molar-refractivity contribution in [3.63, 3.8) is 0 Å². The monoisotopic (exact) mass is 382 g/mol. The first kappa shape index (κ1) is 20.2. The minimum Gasteiger partial charge on any atom is -0.459 e. The second kappa shape index (κ2) is 7.82. The van der Waals surface area contributed by atoms with Crippen LogP contribution in [0.2, 0.25) is 0 Å². The Morgan fingerprint density at radius 2 is 1.96 bits per heavy atom. The van der Waals surface area contributed by atoms with Crippen molar-refractivity contribution in [3.8, 4) is 0 Å². The van der Waals surface area contributed by atoms with Crippen molar-refractivity contribution in [2.75, 3.05) is 6.54 Å². The highest BCUT2D eigenvalue weighted by molar-refractivity contribution is 6.18. The van der Waals surface area contributed by atoms with E-state index in [1.165, 1.54) is 0 Å². The molecule has 0 unspecified atom stereocenters. The fourth-order valence-electron chi connectivity index (χ4n) is 3.88. The first-order valence-electron chi connectivity index (χ1n) is 10.1. The van der Waals surface area contributed by atoms with Gasteiger partial charge in [-0.2, -0.15) is 0 Å². The number of hydrogen-bond donors (Lipinski definition) is 1. The number of carbonyl (C=O) groups excluding carboxylic acids is 2. The van der Waals surface area contributed by atoms with E-state index >= 15 is 0 Å². The Hall–Kier alpha value is -2.56. The maximum atomic E-state index is 12.9. The average molecular weight is 383 g/mol. The summed E-state index contributed by atoms with van der Waals surface area (Å²) in [6.07, 6.45) is 3.72. The molecular formula is C23H30N2O3. The Balaban J connectivity index is 2.17. The van der Waals surface area contributed by atoms with Crippen LogP contribution in [0.5, 0.6) is 0 Å². The molecule has 0 saturated heterocycles. The van der Waals surface area contributed by atoms with E-state index in [2.05, 4.69) is 31.8 Å². The number of benzene rings is 1. The van der Waals surface area contributed by atoms with Crippen molar-refractivity contribution < 1.29 is 14.3 Å². The molecule has 1 amide bonds. The summed E-state index contributed by atoms with van der Waals surface area (Å²) in [4.78, 5) is 30.9. The highest BCUT2D eigenvalue weighted by Crippen LogP contribution is 2.40. The molecule has 1 N–H and O–H groups in total. The first-order chi connectivity index (χ1) is 13.2. The number of nitrogens with zero attached hydrogens (tertiary/aromatic N) is 1. The third-order valence-electron chi connectivity index (χ3n) is 5.13. The van der Waals surface area contributed by atoms with Gasteiger partial charge in [0, 0.05) is 35.5 Å². The summed E-state index contributed by atoms with van der Waals surface area (Å²) < 4.78 is 5.51. The van der Waals surface area contributed by atoms with Gasteiger partial charge in [-0.25, -0.2) is 4.79 Å². The van der Waals surface area contributed by atoms with Crippen LogP contribution in [0, 0.1) is 0 Å². The van der Waals surface area contributed by atoms with Crippen LogP contribution in [0.15, 0.2) is 30.5 Å². The Kier molecular flexibility index (Phi) is 5.64. The van der Waals surface area contributed by atoms with Crippen molar-refractivity contribution in [1.82, 2.24) is 9.88 Å². The standard InChI is InChI=1S/C23H30N2O3/c1-6-7-12-19(26)25-13-17(22(27)28-15(2)3)21-20(23(4,5)14-25)16-10-8-9-11-18(16)24-21/h8-11,13,15,24H,6-7,12,14H2,1-5H3. The Morgan fingerprint density at radius 1 is 1.25 bits per heavy atom. The lowest BCUT2D eigenvalue weighted by Gasteiger charge is -2.29. The van der Waals surface area contributed by atoms with Crippen LogP contribution in [0.4, 0.5) is 0 Å². The molecule has 5 heteroatoms. The van der Waals surface area contributed by atoms with E-state index in [-0.39, 0.29) is 17.4 Å². The predicted molar refractivity (Wildman–Crippen MR) is 112 cm³/mol. The van der Waals surface area contributed by atoms with Gasteiger partial charge in [-0.15, -0.1) is 0 Å². The number of H-pyrrole nitrogens is 1. The van der Waals surface area contributed by atoms with Crippen LogP contribution in [-0.4, -0.2) is 34.4 Å². The van der Waals surface area contributed by atoms with Gasteiger partial charge in [0.25, 0.3) is 0 Å². The van der Waals surface area contributed by atoms with E-state index in [1.54, 1.807) is 11.1 Å².